The fraction of sp³-hybridized carbons (Fsp3) is 0.462. The van der Waals surface area contributed by atoms with E-state index < -0.39 is 11.9 Å². The summed E-state index contributed by atoms with van der Waals surface area (Å²) < 4.78 is 5.17. The van der Waals surface area contributed by atoms with Gasteiger partial charge in [0, 0.05) is 19.6 Å². The lowest BCUT2D eigenvalue weighted by molar-refractivity contribution is -0.159. The highest BCUT2D eigenvalue weighted by Crippen LogP contribution is 2.26. The molecular formula is C13H19N3O5. The molecule has 0 aromatic carbocycles. The van der Waals surface area contributed by atoms with Gasteiger partial charge < -0.3 is 25.0 Å². The Hall–Kier alpha value is -2.35. The Balaban J connectivity index is 0.000000315. The minimum atomic E-state index is -1.82. The number of aromatic nitrogens is 1. The van der Waals surface area contributed by atoms with E-state index in [0.29, 0.717) is 0 Å². The predicted molar refractivity (Wildman–Crippen MR) is 76.0 cm³/mol. The molecule has 0 fully saturated rings. The average Bonchev–Trinajstić information content (AvgIpc) is 2.88. The number of anilines is 1. The third-order valence-electron chi connectivity index (χ3n) is 2.78. The van der Waals surface area contributed by atoms with Crippen LogP contribution in [0.2, 0.25) is 0 Å². The zero-order valence-corrected chi connectivity index (χ0v) is 12.0. The van der Waals surface area contributed by atoms with Gasteiger partial charge in [0.15, 0.2) is 0 Å². The van der Waals surface area contributed by atoms with Crippen molar-refractivity contribution in [2.24, 2.45) is 0 Å². The van der Waals surface area contributed by atoms with Crippen LogP contribution >= 0.6 is 0 Å². The smallest absolute Gasteiger partial charge is 0.414 e. The molecule has 1 aromatic heterocycles. The first-order valence-corrected chi connectivity index (χ1v) is 6.48. The molecule has 0 unspecified atom stereocenters. The summed E-state index contributed by atoms with van der Waals surface area (Å²) in [6, 6.07) is 0. The van der Waals surface area contributed by atoms with Gasteiger partial charge in [-0.2, -0.15) is 0 Å². The van der Waals surface area contributed by atoms with E-state index in [9.17, 15) is 0 Å². The first-order valence-electron chi connectivity index (χ1n) is 6.48. The molecule has 0 radical (unpaired) electrons. The van der Waals surface area contributed by atoms with Crippen LogP contribution in [0.25, 0.3) is 5.57 Å². The first kappa shape index (κ1) is 16.7. The largest absolute Gasteiger partial charge is 0.473 e. The van der Waals surface area contributed by atoms with E-state index in [-0.39, 0.29) is 0 Å². The normalized spacial score (nSPS) is 14.7. The van der Waals surface area contributed by atoms with Gasteiger partial charge in [-0.1, -0.05) is 11.2 Å². The van der Waals surface area contributed by atoms with Crippen molar-refractivity contribution < 1.29 is 24.3 Å². The zero-order valence-electron chi connectivity index (χ0n) is 12.0. The molecule has 8 nitrogen and oxygen atoms in total. The number of aliphatic carboxylic acids is 2. The molecule has 0 spiro atoms. The third kappa shape index (κ3) is 5.27. The topological polar surface area (TPSA) is 116 Å². The van der Waals surface area contributed by atoms with E-state index in [0.717, 1.165) is 37.5 Å². The van der Waals surface area contributed by atoms with Crippen LogP contribution in [0.4, 0.5) is 5.88 Å². The fourth-order valence-corrected chi connectivity index (χ4v) is 1.85. The summed E-state index contributed by atoms with van der Waals surface area (Å²) in [5, 5.41) is 21.8. The molecule has 1 aromatic rings. The Labute approximate surface area is 122 Å². The van der Waals surface area contributed by atoms with Crippen LogP contribution in [0.5, 0.6) is 0 Å². The molecule has 0 saturated heterocycles. The van der Waals surface area contributed by atoms with Crippen molar-refractivity contribution in [1.82, 2.24) is 10.1 Å². The van der Waals surface area contributed by atoms with E-state index in [1.165, 1.54) is 5.57 Å². The van der Waals surface area contributed by atoms with Gasteiger partial charge in [-0.15, -0.1) is 0 Å². The van der Waals surface area contributed by atoms with E-state index in [1.54, 1.807) is 6.20 Å². The number of nitrogens with zero attached hydrogens (tertiary/aromatic N) is 2. The van der Waals surface area contributed by atoms with Crippen molar-refractivity contribution in [3.05, 3.63) is 17.8 Å². The minimum absolute atomic E-state index is 0.791. The predicted octanol–water partition coefficient (Wildman–Crippen LogP) is 0.981. The van der Waals surface area contributed by atoms with Crippen LogP contribution in [-0.4, -0.2) is 58.9 Å². The number of nitrogens with one attached hydrogen (secondary N) is 1. The number of likely N-dealkylation sites (N-methyl/N-ethyl adjacent to an activating group) is 1. The van der Waals surface area contributed by atoms with E-state index in [1.807, 2.05) is 6.92 Å². The molecule has 21 heavy (non-hydrogen) atoms. The number of hydrogen-bond acceptors (Lipinski definition) is 6. The van der Waals surface area contributed by atoms with Gasteiger partial charge >= 0.3 is 11.9 Å². The summed E-state index contributed by atoms with van der Waals surface area (Å²) in [6.07, 6.45) is 5.17. The molecule has 2 heterocycles. The average molecular weight is 297 g/mol. The molecule has 1 aliphatic rings. The van der Waals surface area contributed by atoms with Gasteiger partial charge in [-0.25, -0.2) is 9.59 Å². The quantitative estimate of drug-likeness (QED) is 0.707. The van der Waals surface area contributed by atoms with Crippen molar-refractivity contribution in [2.75, 3.05) is 32.0 Å². The van der Waals surface area contributed by atoms with Gasteiger partial charge in [0.2, 0.25) is 5.88 Å². The lowest BCUT2D eigenvalue weighted by atomic mass is 10.0. The maximum absolute atomic E-state index is 9.10. The highest BCUT2D eigenvalue weighted by atomic mass is 16.5. The molecule has 0 aliphatic carbocycles. The maximum Gasteiger partial charge on any atom is 0.414 e. The minimum Gasteiger partial charge on any atom is -0.473 e. The lowest BCUT2D eigenvalue weighted by Gasteiger charge is -2.22. The molecule has 0 bridgehead atoms. The van der Waals surface area contributed by atoms with E-state index >= 15 is 0 Å². The summed E-state index contributed by atoms with van der Waals surface area (Å²) in [6.45, 7) is 5.00. The van der Waals surface area contributed by atoms with E-state index in [2.05, 4.69) is 28.5 Å². The second-order valence-corrected chi connectivity index (χ2v) is 4.47. The number of carboxylic acids is 2. The van der Waals surface area contributed by atoms with Crippen molar-refractivity contribution in [1.29, 1.82) is 0 Å². The monoisotopic (exact) mass is 297 g/mol. The summed E-state index contributed by atoms with van der Waals surface area (Å²) in [4.78, 5) is 20.5. The van der Waals surface area contributed by atoms with Crippen molar-refractivity contribution in [3.63, 3.8) is 0 Å². The second-order valence-electron chi connectivity index (χ2n) is 4.47. The van der Waals surface area contributed by atoms with Crippen molar-refractivity contribution in [2.45, 2.75) is 13.3 Å². The zero-order chi connectivity index (χ0) is 15.8. The molecule has 0 saturated carbocycles. The summed E-state index contributed by atoms with van der Waals surface area (Å²) in [7, 11) is 2.13. The summed E-state index contributed by atoms with van der Waals surface area (Å²) in [5.41, 5.74) is 2.41. The Morgan fingerprint density at radius 3 is 2.62 bits per heavy atom. The molecular weight excluding hydrogens is 278 g/mol. The summed E-state index contributed by atoms with van der Waals surface area (Å²) >= 11 is 0. The van der Waals surface area contributed by atoms with Crippen molar-refractivity contribution >= 4 is 23.4 Å². The fourth-order valence-electron chi connectivity index (χ4n) is 1.85. The van der Waals surface area contributed by atoms with Gasteiger partial charge in [-0.3, -0.25) is 0 Å². The first-order chi connectivity index (χ1) is 9.95. The molecule has 0 atom stereocenters. The molecule has 8 heteroatoms. The third-order valence-corrected chi connectivity index (χ3v) is 2.78. The second kappa shape index (κ2) is 8.05. The maximum atomic E-state index is 9.10. The number of hydrogen-bond donors (Lipinski definition) is 3. The van der Waals surface area contributed by atoms with Gasteiger partial charge in [-0.05, 0) is 26.0 Å². The highest BCUT2D eigenvalue weighted by molar-refractivity contribution is 6.27. The Bertz CT molecular complexity index is 512. The Morgan fingerprint density at radius 1 is 1.43 bits per heavy atom. The van der Waals surface area contributed by atoms with Gasteiger partial charge in [0.25, 0.3) is 0 Å². The number of carboxylic acid groups (broad SMARTS) is 2. The van der Waals surface area contributed by atoms with Crippen LogP contribution in [-0.2, 0) is 9.59 Å². The van der Waals surface area contributed by atoms with Gasteiger partial charge in [0.1, 0.15) is 0 Å². The summed E-state index contributed by atoms with van der Waals surface area (Å²) in [5.74, 6) is -2.86. The SMILES string of the molecule is CCNc1oncc1C1=CCCN(C)C1.O=C(O)C(=O)O. The molecule has 1 aliphatic heterocycles. The van der Waals surface area contributed by atoms with Crippen LogP contribution in [0, 0.1) is 0 Å². The van der Waals surface area contributed by atoms with Crippen LogP contribution < -0.4 is 5.32 Å². The standard InChI is InChI=1S/C11H17N3O.C2H2O4/c1-3-12-11-10(7-13-15-11)9-5-4-6-14(2)8-9;3-1(4)2(5)6/h5,7,12H,3-4,6,8H2,1-2H3;(H,3,4)(H,5,6). The molecule has 116 valence electrons. The molecule has 2 rings (SSSR count). The van der Waals surface area contributed by atoms with Crippen molar-refractivity contribution in [3.8, 4) is 0 Å². The van der Waals surface area contributed by atoms with Crippen LogP contribution in [0.3, 0.4) is 0 Å². The Kier molecular flexibility index (Phi) is 6.41. The molecule has 3 N–H and O–H groups in total. The van der Waals surface area contributed by atoms with Crippen LogP contribution in [0.1, 0.15) is 18.9 Å². The number of rotatable bonds is 3. The lowest BCUT2D eigenvalue weighted by Crippen LogP contribution is -2.25. The Morgan fingerprint density at radius 2 is 2.10 bits per heavy atom. The highest BCUT2D eigenvalue weighted by Gasteiger charge is 2.16. The van der Waals surface area contributed by atoms with Crippen LogP contribution in [0.15, 0.2) is 16.8 Å². The van der Waals surface area contributed by atoms with E-state index in [4.69, 9.17) is 24.3 Å². The molecule has 0 amide bonds. The number of carbonyl (C=O) groups is 2. The van der Waals surface area contributed by atoms with Gasteiger partial charge in [0.05, 0.1) is 11.8 Å².